The standard InChI is InChI=1S/C13H23NO3/c1-8(2)10(11(15)9-6-7-9)14-12(16)17-13(3,4)5/h8,10,15H,6-7H2,1-5H3,(H,14,16). The summed E-state index contributed by atoms with van der Waals surface area (Å²) in [5, 5.41) is 12.7. The number of alkyl carbamates (subject to hydrolysis) is 1. The van der Waals surface area contributed by atoms with Crippen LogP contribution in [0.5, 0.6) is 0 Å². The molecule has 4 nitrogen and oxygen atoms in total. The van der Waals surface area contributed by atoms with Gasteiger partial charge in [0.05, 0.1) is 6.04 Å². The van der Waals surface area contributed by atoms with Gasteiger partial charge >= 0.3 is 6.09 Å². The van der Waals surface area contributed by atoms with E-state index < -0.39 is 11.7 Å². The van der Waals surface area contributed by atoms with Crippen LogP contribution < -0.4 is 5.32 Å². The highest BCUT2D eigenvalue weighted by atomic mass is 16.6. The third-order valence-corrected chi connectivity index (χ3v) is 2.50. The van der Waals surface area contributed by atoms with Gasteiger partial charge in [0.1, 0.15) is 11.4 Å². The molecule has 0 radical (unpaired) electrons. The van der Waals surface area contributed by atoms with E-state index in [0.717, 1.165) is 18.4 Å². The van der Waals surface area contributed by atoms with Gasteiger partial charge in [0.25, 0.3) is 0 Å². The first kappa shape index (κ1) is 13.9. The van der Waals surface area contributed by atoms with Crippen LogP contribution in [0.1, 0.15) is 47.5 Å². The van der Waals surface area contributed by atoms with Crippen molar-refractivity contribution in [3.63, 3.8) is 0 Å². The molecule has 1 fully saturated rings. The summed E-state index contributed by atoms with van der Waals surface area (Å²) in [7, 11) is 0. The van der Waals surface area contributed by atoms with Crippen molar-refractivity contribution in [1.29, 1.82) is 0 Å². The summed E-state index contributed by atoms with van der Waals surface area (Å²) < 4.78 is 5.18. The predicted molar refractivity (Wildman–Crippen MR) is 66.9 cm³/mol. The Morgan fingerprint density at radius 1 is 1.35 bits per heavy atom. The number of nitrogens with one attached hydrogen (secondary N) is 1. The predicted octanol–water partition coefficient (Wildman–Crippen LogP) is 3.14. The molecule has 1 unspecified atom stereocenters. The zero-order valence-electron chi connectivity index (χ0n) is 11.3. The molecule has 1 rings (SSSR count). The molecular formula is C13H23NO3. The smallest absolute Gasteiger partial charge is 0.408 e. The van der Waals surface area contributed by atoms with Gasteiger partial charge in [0, 0.05) is 0 Å². The Labute approximate surface area is 103 Å². The fourth-order valence-corrected chi connectivity index (χ4v) is 1.52. The molecule has 0 aromatic heterocycles. The second-order valence-corrected chi connectivity index (χ2v) is 5.86. The lowest BCUT2D eigenvalue weighted by Crippen LogP contribution is -2.43. The van der Waals surface area contributed by atoms with Gasteiger partial charge < -0.3 is 15.2 Å². The van der Waals surface area contributed by atoms with E-state index in [2.05, 4.69) is 5.32 Å². The summed E-state index contributed by atoms with van der Waals surface area (Å²) in [5.41, 5.74) is 0.522. The fourth-order valence-electron chi connectivity index (χ4n) is 1.52. The van der Waals surface area contributed by atoms with Gasteiger partial charge in [-0.15, -0.1) is 0 Å². The van der Waals surface area contributed by atoms with E-state index in [-0.39, 0.29) is 12.0 Å². The lowest BCUT2D eigenvalue weighted by Gasteiger charge is -2.25. The van der Waals surface area contributed by atoms with Crippen LogP contribution in [-0.2, 0) is 4.74 Å². The minimum atomic E-state index is -0.520. The quantitative estimate of drug-likeness (QED) is 0.746. The number of carbonyl (C=O) groups is 1. The number of hydrogen-bond acceptors (Lipinski definition) is 3. The Bertz CT molecular complexity index is 320. The maximum atomic E-state index is 11.7. The van der Waals surface area contributed by atoms with Crippen LogP contribution in [0.3, 0.4) is 0 Å². The van der Waals surface area contributed by atoms with Crippen molar-refractivity contribution in [2.75, 3.05) is 0 Å². The van der Waals surface area contributed by atoms with E-state index in [1.807, 2.05) is 34.6 Å². The molecule has 2 N–H and O–H groups in total. The highest BCUT2D eigenvalue weighted by molar-refractivity contribution is 5.68. The largest absolute Gasteiger partial charge is 0.510 e. The van der Waals surface area contributed by atoms with E-state index >= 15 is 0 Å². The number of rotatable bonds is 3. The summed E-state index contributed by atoms with van der Waals surface area (Å²) in [5.74, 6) is 0.446. The summed E-state index contributed by atoms with van der Waals surface area (Å²) in [6.45, 7) is 9.37. The van der Waals surface area contributed by atoms with Crippen molar-refractivity contribution in [1.82, 2.24) is 5.32 Å². The molecule has 1 atom stereocenters. The van der Waals surface area contributed by atoms with Gasteiger partial charge in [0.2, 0.25) is 0 Å². The Morgan fingerprint density at radius 2 is 1.88 bits per heavy atom. The maximum absolute atomic E-state index is 11.7. The number of aliphatic hydroxyl groups excluding tert-OH is 1. The highest BCUT2D eigenvalue weighted by Gasteiger charge is 2.29. The van der Waals surface area contributed by atoms with E-state index in [0.29, 0.717) is 5.76 Å². The van der Waals surface area contributed by atoms with Crippen LogP contribution in [0.2, 0.25) is 0 Å². The highest BCUT2D eigenvalue weighted by Crippen LogP contribution is 2.33. The van der Waals surface area contributed by atoms with Gasteiger partial charge in [-0.05, 0) is 45.1 Å². The third kappa shape index (κ3) is 4.67. The molecule has 0 aromatic rings. The number of ether oxygens (including phenoxy) is 1. The number of amides is 1. The van der Waals surface area contributed by atoms with Crippen LogP contribution in [0.15, 0.2) is 11.3 Å². The molecule has 4 heteroatoms. The molecule has 0 aliphatic heterocycles. The first-order valence-electron chi connectivity index (χ1n) is 6.11. The van der Waals surface area contributed by atoms with E-state index in [1.165, 1.54) is 0 Å². The van der Waals surface area contributed by atoms with Gasteiger partial charge in [-0.3, -0.25) is 0 Å². The van der Waals surface area contributed by atoms with Gasteiger partial charge in [-0.1, -0.05) is 13.8 Å². The van der Waals surface area contributed by atoms with Crippen LogP contribution in [0.4, 0.5) is 4.79 Å². The van der Waals surface area contributed by atoms with E-state index in [9.17, 15) is 9.90 Å². The third-order valence-electron chi connectivity index (χ3n) is 2.50. The first-order valence-corrected chi connectivity index (χ1v) is 6.11. The Kier molecular flexibility index (Phi) is 4.07. The Morgan fingerprint density at radius 3 is 2.24 bits per heavy atom. The SMILES string of the molecule is CC(C)C(NC(=O)OC(C)(C)C)C(O)=C1CC1. The lowest BCUT2D eigenvalue weighted by molar-refractivity contribution is 0.0487. The number of hydrogen-bond donors (Lipinski definition) is 2. The average Bonchev–Trinajstić information content (AvgIpc) is 2.92. The molecule has 1 aliphatic rings. The van der Waals surface area contributed by atoms with Crippen LogP contribution in [0.25, 0.3) is 0 Å². The Balaban J connectivity index is 2.62. The number of allylic oxidation sites excluding steroid dienone is 1. The normalized spacial score (nSPS) is 16.7. The lowest BCUT2D eigenvalue weighted by atomic mass is 10.0. The van der Waals surface area contributed by atoms with Gasteiger partial charge in [-0.25, -0.2) is 4.79 Å². The Hall–Kier alpha value is -1.19. The number of aliphatic hydroxyl groups is 1. The second-order valence-electron chi connectivity index (χ2n) is 5.86. The average molecular weight is 241 g/mol. The second kappa shape index (κ2) is 4.98. The van der Waals surface area contributed by atoms with Gasteiger partial charge in [0.15, 0.2) is 0 Å². The summed E-state index contributed by atoms with van der Waals surface area (Å²) in [6, 6.07) is -0.345. The van der Waals surface area contributed by atoms with Crippen LogP contribution in [-0.4, -0.2) is 22.8 Å². The summed E-state index contributed by atoms with van der Waals surface area (Å²) in [4.78, 5) is 11.7. The van der Waals surface area contributed by atoms with Gasteiger partial charge in [-0.2, -0.15) is 0 Å². The van der Waals surface area contributed by atoms with Crippen LogP contribution >= 0.6 is 0 Å². The number of carbonyl (C=O) groups excluding carboxylic acids is 1. The first-order chi connectivity index (χ1) is 7.70. The molecule has 0 heterocycles. The fraction of sp³-hybridized carbons (Fsp3) is 0.769. The van der Waals surface area contributed by atoms with Crippen molar-refractivity contribution in [2.24, 2.45) is 5.92 Å². The van der Waals surface area contributed by atoms with Crippen molar-refractivity contribution < 1.29 is 14.6 Å². The van der Waals surface area contributed by atoms with E-state index in [1.54, 1.807) is 0 Å². The molecule has 98 valence electrons. The van der Waals surface area contributed by atoms with E-state index in [4.69, 9.17) is 4.74 Å². The minimum absolute atomic E-state index is 0.135. The molecule has 0 spiro atoms. The molecular weight excluding hydrogens is 218 g/mol. The monoisotopic (exact) mass is 241 g/mol. The molecule has 0 saturated heterocycles. The van der Waals surface area contributed by atoms with Crippen LogP contribution in [0, 0.1) is 5.92 Å². The van der Waals surface area contributed by atoms with Crippen molar-refractivity contribution in [2.45, 2.75) is 59.1 Å². The molecule has 1 saturated carbocycles. The van der Waals surface area contributed by atoms with Crippen molar-refractivity contribution in [3.05, 3.63) is 11.3 Å². The minimum Gasteiger partial charge on any atom is -0.510 e. The molecule has 17 heavy (non-hydrogen) atoms. The maximum Gasteiger partial charge on any atom is 0.408 e. The molecule has 1 aliphatic carbocycles. The van der Waals surface area contributed by atoms with Crippen molar-refractivity contribution in [3.8, 4) is 0 Å². The molecule has 0 aromatic carbocycles. The molecule has 1 amide bonds. The van der Waals surface area contributed by atoms with Crippen molar-refractivity contribution >= 4 is 6.09 Å². The summed E-state index contributed by atoms with van der Waals surface area (Å²) in [6.07, 6.45) is 1.39. The molecule has 0 bridgehead atoms. The topological polar surface area (TPSA) is 58.6 Å². The summed E-state index contributed by atoms with van der Waals surface area (Å²) >= 11 is 0. The zero-order valence-corrected chi connectivity index (χ0v) is 11.3. The zero-order chi connectivity index (χ0) is 13.2.